The summed E-state index contributed by atoms with van der Waals surface area (Å²) in [5, 5.41) is 5.83. The average molecular weight is 189 g/mol. The van der Waals surface area contributed by atoms with E-state index < -0.39 is 11.1 Å². The van der Waals surface area contributed by atoms with Gasteiger partial charge in [-0.05, 0) is 0 Å². The van der Waals surface area contributed by atoms with Crippen molar-refractivity contribution in [3.05, 3.63) is 51.0 Å². The lowest BCUT2D eigenvalue weighted by molar-refractivity contribution is 0.913. The highest BCUT2D eigenvalue weighted by atomic mass is 16.2. The molecule has 2 aromatic rings. The van der Waals surface area contributed by atoms with Crippen LogP contribution in [0.3, 0.4) is 0 Å². The highest BCUT2D eigenvalue weighted by molar-refractivity contribution is 5.53. The lowest BCUT2D eigenvalue weighted by atomic mass is 10.2. The van der Waals surface area contributed by atoms with E-state index in [4.69, 9.17) is 0 Å². The molecule has 1 aromatic carbocycles. The van der Waals surface area contributed by atoms with Gasteiger partial charge in [0.2, 0.25) is 0 Å². The van der Waals surface area contributed by atoms with Crippen molar-refractivity contribution in [1.82, 2.24) is 15.2 Å². The second kappa shape index (κ2) is 3.29. The van der Waals surface area contributed by atoms with Gasteiger partial charge in [-0.15, -0.1) is 0 Å². The summed E-state index contributed by atoms with van der Waals surface area (Å²) in [5.74, 6) is 0.357. The predicted molar refractivity (Wildman–Crippen MR) is 50.9 cm³/mol. The first-order chi connectivity index (χ1) is 6.77. The van der Waals surface area contributed by atoms with Crippen LogP contribution in [0.5, 0.6) is 0 Å². The Bertz CT molecular complexity index is 542. The third-order valence-corrected chi connectivity index (χ3v) is 1.75. The molecule has 0 aliphatic carbocycles. The van der Waals surface area contributed by atoms with Crippen molar-refractivity contribution < 1.29 is 0 Å². The van der Waals surface area contributed by atoms with Crippen LogP contribution in [-0.4, -0.2) is 15.2 Å². The molecule has 0 unspecified atom stereocenters. The molecule has 2 N–H and O–H groups in total. The number of hydrogen-bond donors (Lipinski definition) is 2. The van der Waals surface area contributed by atoms with Crippen LogP contribution in [0.15, 0.2) is 39.9 Å². The van der Waals surface area contributed by atoms with Gasteiger partial charge in [-0.1, -0.05) is 30.3 Å². The average Bonchev–Trinajstić information content (AvgIpc) is 2.23. The molecule has 2 rings (SSSR count). The third kappa shape index (κ3) is 1.47. The summed E-state index contributed by atoms with van der Waals surface area (Å²) in [6, 6.07) is 9.07. The number of rotatable bonds is 1. The minimum atomic E-state index is -0.746. The summed E-state index contributed by atoms with van der Waals surface area (Å²) in [7, 11) is 0. The number of hydrogen-bond acceptors (Lipinski definition) is 3. The van der Waals surface area contributed by atoms with Gasteiger partial charge in [0.1, 0.15) is 0 Å². The monoisotopic (exact) mass is 189 g/mol. The number of aromatic nitrogens is 3. The molecule has 0 fully saturated rings. The molecule has 70 valence electrons. The fourth-order valence-electron chi connectivity index (χ4n) is 1.08. The van der Waals surface area contributed by atoms with E-state index in [1.807, 2.05) is 18.2 Å². The van der Waals surface area contributed by atoms with E-state index in [-0.39, 0.29) is 0 Å². The molecule has 0 aliphatic rings. The molecular weight excluding hydrogens is 182 g/mol. The number of nitrogens with zero attached hydrogens (tertiary/aromatic N) is 1. The van der Waals surface area contributed by atoms with E-state index in [2.05, 4.69) is 15.2 Å². The van der Waals surface area contributed by atoms with Crippen molar-refractivity contribution in [1.29, 1.82) is 0 Å². The Morgan fingerprint density at radius 3 is 2.36 bits per heavy atom. The van der Waals surface area contributed by atoms with Crippen LogP contribution in [-0.2, 0) is 0 Å². The summed E-state index contributed by atoms with van der Waals surface area (Å²) in [5.41, 5.74) is -0.690. The molecule has 0 saturated carbocycles. The predicted octanol–water partition coefficient (Wildman–Crippen LogP) is 0.125. The van der Waals surface area contributed by atoms with Crippen molar-refractivity contribution in [3.8, 4) is 11.4 Å². The fourth-order valence-corrected chi connectivity index (χ4v) is 1.08. The van der Waals surface area contributed by atoms with Gasteiger partial charge >= 0.3 is 11.1 Å². The van der Waals surface area contributed by atoms with E-state index in [1.165, 1.54) is 0 Å². The molecule has 1 aromatic heterocycles. The maximum atomic E-state index is 11.0. The second-order valence-electron chi connectivity index (χ2n) is 2.72. The largest absolute Gasteiger partial charge is 0.329 e. The quantitative estimate of drug-likeness (QED) is 0.625. The molecular formula is C9H7N3O2. The summed E-state index contributed by atoms with van der Waals surface area (Å²) in [6.45, 7) is 0. The Morgan fingerprint density at radius 2 is 1.71 bits per heavy atom. The van der Waals surface area contributed by atoms with E-state index in [0.29, 0.717) is 5.82 Å². The maximum absolute atomic E-state index is 11.0. The van der Waals surface area contributed by atoms with Crippen molar-refractivity contribution in [2.24, 2.45) is 0 Å². The number of nitrogens with one attached hydrogen (secondary N) is 2. The zero-order chi connectivity index (χ0) is 9.97. The van der Waals surface area contributed by atoms with Gasteiger partial charge in [0.25, 0.3) is 0 Å². The van der Waals surface area contributed by atoms with Crippen molar-refractivity contribution in [2.45, 2.75) is 0 Å². The topological polar surface area (TPSA) is 78.6 Å². The van der Waals surface area contributed by atoms with Crippen molar-refractivity contribution in [2.75, 3.05) is 0 Å². The summed E-state index contributed by atoms with van der Waals surface area (Å²) >= 11 is 0. The third-order valence-electron chi connectivity index (χ3n) is 1.75. The van der Waals surface area contributed by atoms with Gasteiger partial charge in [0.05, 0.1) is 0 Å². The minimum absolute atomic E-state index is 0.357. The van der Waals surface area contributed by atoms with Gasteiger partial charge in [-0.3, -0.25) is 9.59 Å². The molecule has 0 radical (unpaired) electrons. The molecule has 1 heterocycles. The highest BCUT2D eigenvalue weighted by Gasteiger charge is 2.00. The van der Waals surface area contributed by atoms with Crippen LogP contribution in [0.2, 0.25) is 0 Å². The molecule has 0 atom stereocenters. The van der Waals surface area contributed by atoms with E-state index in [1.54, 1.807) is 12.1 Å². The van der Waals surface area contributed by atoms with E-state index >= 15 is 0 Å². The smallest absolute Gasteiger partial charge is 0.300 e. The standard InChI is InChI=1S/C9H7N3O2/c13-8-9(14)12-11-7(10-8)6-4-2-1-3-5-6/h1-5H,(H,12,14)(H,10,11,13). The van der Waals surface area contributed by atoms with Crippen molar-refractivity contribution >= 4 is 0 Å². The zero-order valence-corrected chi connectivity index (χ0v) is 7.15. The second-order valence-corrected chi connectivity index (χ2v) is 2.72. The minimum Gasteiger partial charge on any atom is -0.300 e. The number of aromatic amines is 2. The van der Waals surface area contributed by atoms with Crippen LogP contribution < -0.4 is 11.1 Å². The first kappa shape index (κ1) is 8.43. The first-order valence-corrected chi connectivity index (χ1v) is 4.02. The van der Waals surface area contributed by atoms with Gasteiger partial charge in [-0.25, -0.2) is 5.10 Å². The normalized spacial score (nSPS) is 10.0. The summed E-state index contributed by atoms with van der Waals surface area (Å²) < 4.78 is 0. The van der Waals surface area contributed by atoms with Crippen LogP contribution >= 0.6 is 0 Å². The zero-order valence-electron chi connectivity index (χ0n) is 7.15. The molecule has 0 spiro atoms. The van der Waals surface area contributed by atoms with Gasteiger partial charge in [0, 0.05) is 5.56 Å². The maximum Gasteiger partial charge on any atom is 0.329 e. The summed E-state index contributed by atoms with van der Waals surface area (Å²) in [4.78, 5) is 24.1. The molecule has 5 heteroatoms. The SMILES string of the molecule is O=c1[nH]nc(-c2ccccc2)[nH]c1=O. The van der Waals surface area contributed by atoms with Crippen molar-refractivity contribution in [3.63, 3.8) is 0 Å². The van der Waals surface area contributed by atoms with Gasteiger partial charge in [-0.2, -0.15) is 5.10 Å². The van der Waals surface area contributed by atoms with E-state index in [0.717, 1.165) is 5.56 Å². The Hall–Kier alpha value is -2.17. The number of H-pyrrole nitrogens is 2. The van der Waals surface area contributed by atoms with Crippen LogP contribution in [0.4, 0.5) is 0 Å². The summed E-state index contributed by atoms with van der Waals surface area (Å²) in [6.07, 6.45) is 0. The highest BCUT2D eigenvalue weighted by Crippen LogP contribution is 2.09. The van der Waals surface area contributed by atoms with Crippen LogP contribution in [0.1, 0.15) is 0 Å². The molecule has 0 saturated heterocycles. The molecule has 5 nitrogen and oxygen atoms in total. The van der Waals surface area contributed by atoms with Gasteiger partial charge < -0.3 is 4.98 Å². The molecule has 0 amide bonds. The van der Waals surface area contributed by atoms with Crippen LogP contribution in [0, 0.1) is 0 Å². The first-order valence-electron chi connectivity index (χ1n) is 4.02. The lowest BCUT2D eigenvalue weighted by Gasteiger charge is -1.97. The Balaban J connectivity index is 2.59. The molecule has 14 heavy (non-hydrogen) atoms. The van der Waals surface area contributed by atoms with E-state index in [9.17, 15) is 9.59 Å². The molecule has 0 bridgehead atoms. The molecule has 0 aliphatic heterocycles. The fraction of sp³-hybridized carbons (Fsp3) is 0. The number of benzene rings is 1. The Labute approximate surface area is 78.4 Å². The van der Waals surface area contributed by atoms with Gasteiger partial charge in [0.15, 0.2) is 5.82 Å². The Kier molecular flexibility index (Phi) is 1.98. The lowest BCUT2D eigenvalue weighted by Crippen LogP contribution is -2.30. The Morgan fingerprint density at radius 1 is 1.00 bits per heavy atom. The van der Waals surface area contributed by atoms with Crippen LogP contribution in [0.25, 0.3) is 11.4 Å².